The predicted octanol–water partition coefficient (Wildman–Crippen LogP) is 4.98. The first kappa shape index (κ1) is 18.5. The molecule has 0 aromatic heterocycles. The standard InChI is InChI=1S/C20H27NO2S/c1-15(2)14-16-10-12-17(13-11-16)24(22,23)21-19-9-7-6-8-18(19)20(3,4)5/h6-13,15,21H,14H2,1-5H3. The van der Waals surface area contributed by atoms with Crippen molar-refractivity contribution in [1.29, 1.82) is 0 Å². The maximum atomic E-state index is 12.7. The van der Waals surface area contributed by atoms with E-state index in [-0.39, 0.29) is 5.41 Å². The van der Waals surface area contributed by atoms with E-state index >= 15 is 0 Å². The molecular weight excluding hydrogens is 318 g/mol. The van der Waals surface area contributed by atoms with Crippen LogP contribution < -0.4 is 4.72 Å². The number of benzene rings is 2. The van der Waals surface area contributed by atoms with E-state index in [9.17, 15) is 8.42 Å². The lowest BCUT2D eigenvalue weighted by molar-refractivity contribution is 0.590. The lowest BCUT2D eigenvalue weighted by Gasteiger charge is -2.23. The molecule has 1 N–H and O–H groups in total. The van der Waals surface area contributed by atoms with Crippen LogP contribution in [0.15, 0.2) is 53.4 Å². The van der Waals surface area contributed by atoms with Gasteiger partial charge in [0, 0.05) is 0 Å². The minimum atomic E-state index is -3.59. The van der Waals surface area contributed by atoms with Gasteiger partial charge < -0.3 is 0 Å². The van der Waals surface area contributed by atoms with Gasteiger partial charge in [-0.3, -0.25) is 4.72 Å². The van der Waals surface area contributed by atoms with Crippen LogP contribution >= 0.6 is 0 Å². The van der Waals surface area contributed by atoms with Crippen molar-refractivity contribution in [2.24, 2.45) is 5.92 Å². The molecule has 0 aliphatic heterocycles. The number of hydrogen-bond acceptors (Lipinski definition) is 2. The molecule has 0 heterocycles. The first-order chi connectivity index (χ1) is 11.1. The monoisotopic (exact) mass is 345 g/mol. The molecule has 0 saturated carbocycles. The van der Waals surface area contributed by atoms with Crippen molar-refractivity contribution in [3.8, 4) is 0 Å². The van der Waals surface area contributed by atoms with Crippen molar-refractivity contribution in [3.63, 3.8) is 0 Å². The number of sulfonamides is 1. The Hall–Kier alpha value is -1.81. The highest BCUT2D eigenvalue weighted by molar-refractivity contribution is 7.92. The zero-order chi connectivity index (χ0) is 18.0. The molecule has 0 aliphatic rings. The highest BCUT2D eigenvalue weighted by Gasteiger charge is 2.21. The molecule has 2 rings (SSSR count). The highest BCUT2D eigenvalue weighted by Crippen LogP contribution is 2.30. The third-order valence-electron chi connectivity index (χ3n) is 3.86. The number of rotatable bonds is 5. The minimum Gasteiger partial charge on any atom is -0.279 e. The third-order valence-corrected chi connectivity index (χ3v) is 5.24. The Labute approximate surface area is 146 Å². The van der Waals surface area contributed by atoms with E-state index < -0.39 is 10.0 Å². The van der Waals surface area contributed by atoms with Crippen LogP contribution in [0.3, 0.4) is 0 Å². The third kappa shape index (κ3) is 4.60. The van der Waals surface area contributed by atoms with Crippen LogP contribution in [-0.2, 0) is 21.9 Å². The molecule has 0 saturated heterocycles. The van der Waals surface area contributed by atoms with Crippen LogP contribution in [0.2, 0.25) is 0 Å². The zero-order valence-corrected chi connectivity index (χ0v) is 15.9. The van der Waals surface area contributed by atoms with Crippen LogP contribution in [0.4, 0.5) is 5.69 Å². The second-order valence-corrected chi connectivity index (χ2v) is 9.33. The van der Waals surface area contributed by atoms with E-state index in [1.54, 1.807) is 12.1 Å². The Kier molecular flexibility index (Phi) is 5.38. The fourth-order valence-corrected chi connectivity index (χ4v) is 3.79. The predicted molar refractivity (Wildman–Crippen MR) is 101 cm³/mol. The summed E-state index contributed by atoms with van der Waals surface area (Å²) in [6.07, 6.45) is 0.945. The number of para-hydroxylation sites is 1. The molecule has 0 amide bonds. The molecular formula is C20H27NO2S. The number of anilines is 1. The van der Waals surface area contributed by atoms with Crippen molar-refractivity contribution in [1.82, 2.24) is 0 Å². The molecule has 130 valence electrons. The molecule has 2 aromatic carbocycles. The van der Waals surface area contributed by atoms with Gasteiger partial charge in [0.15, 0.2) is 0 Å². The Morgan fingerprint density at radius 2 is 1.54 bits per heavy atom. The van der Waals surface area contributed by atoms with Crippen LogP contribution in [0.1, 0.15) is 45.7 Å². The highest BCUT2D eigenvalue weighted by atomic mass is 32.2. The molecule has 24 heavy (non-hydrogen) atoms. The Bertz CT molecular complexity index is 785. The molecule has 0 radical (unpaired) electrons. The Balaban J connectivity index is 2.30. The first-order valence-corrected chi connectivity index (χ1v) is 9.79. The van der Waals surface area contributed by atoms with Crippen molar-refractivity contribution < 1.29 is 8.42 Å². The second-order valence-electron chi connectivity index (χ2n) is 7.64. The molecule has 3 nitrogen and oxygen atoms in total. The minimum absolute atomic E-state index is 0.139. The van der Waals surface area contributed by atoms with Crippen LogP contribution in [0.5, 0.6) is 0 Å². The Morgan fingerprint density at radius 1 is 0.958 bits per heavy atom. The van der Waals surface area contributed by atoms with Crippen molar-refractivity contribution >= 4 is 15.7 Å². The van der Waals surface area contributed by atoms with Gasteiger partial charge in [-0.2, -0.15) is 0 Å². The fraction of sp³-hybridized carbons (Fsp3) is 0.400. The summed E-state index contributed by atoms with van der Waals surface area (Å²) in [4.78, 5) is 0.290. The summed E-state index contributed by atoms with van der Waals surface area (Å²) in [5, 5.41) is 0. The van der Waals surface area contributed by atoms with Gasteiger partial charge in [0.2, 0.25) is 0 Å². The largest absolute Gasteiger partial charge is 0.279 e. The van der Waals surface area contributed by atoms with Crippen molar-refractivity contribution in [3.05, 3.63) is 59.7 Å². The molecule has 0 aliphatic carbocycles. The molecule has 0 unspecified atom stereocenters. The number of hydrogen-bond donors (Lipinski definition) is 1. The quantitative estimate of drug-likeness (QED) is 0.830. The molecule has 0 spiro atoms. The van der Waals surface area contributed by atoms with Gasteiger partial charge in [0.05, 0.1) is 10.6 Å². The van der Waals surface area contributed by atoms with Gasteiger partial charge in [-0.15, -0.1) is 0 Å². The summed E-state index contributed by atoms with van der Waals surface area (Å²) in [7, 11) is -3.59. The summed E-state index contributed by atoms with van der Waals surface area (Å²) in [5.74, 6) is 0.546. The van der Waals surface area contributed by atoms with E-state index in [0.29, 0.717) is 16.5 Å². The lowest BCUT2D eigenvalue weighted by atomic mass is 9.86. The van der Waals surface area contributed by atoms with E-state index in [1.165, 1.54) is 0 Å². The average molecular weight is 346 g/mol. The first-order valence-electron chi connectivity index (χ1n) is 8.31. The van der Waals surface area contributed by atoms with E-state index in [0.717, 1.165) is 17.5 Å². The summed E-state index contributed by atoms with van der Waals surface area (Å²) in [6, 6.07) is 14.7. The molecule has 4 heteroatoms. The maximum Gasteiger partial charge on any atom is 0.261 e. The number of nitrogens with one attached hydrogen (secondary N) is 1. The van der Waals surface area contributed by atoms with Gasteiger partial charge in [-0.1, -0.05) is 65.0 Å². The summed E-state index contributed by atoms with van der Waals surface area (Å²) in [6.45, 7) is 10.5. The van der Waals surface area contributed by atoms with Crippen LogP contribution in [-0.4, -0.2) is 8.42 Å². The van der Waals surface area contributed by atoms with Crippen LogP contribution in [0.25, 0.3) is 0 Å². The summed E-state index contributed by atoms with van der Waals surface area (Å²) >= 11 is 0. The van der Waals surface area contributed by atoms with E-state index in [1.807, 2.05) is 36.4 Å². The second kappa shape index (κ2) is 6.98. The Morgan fingerprint density at radius 3 is 2.08 bits per heavy atom. The SMILES string of the molecule is CC(C)Cc1ccc(S(=O)(=O)Nc2ccccc2C(C)(C)C)cc1. The summed E-state index contributed by atoms with van der Waals surface area (Å²) < 4.78 is 28.1. The molecule has 0 bridgehead atoms. The summed E-state index contributed by atoms with van der Waals surface area (Å²) in [5.41, 5.74) is 2.63. The fourth-order valence-electron chi connectivity index (χ4n) is 2.71. The van der Waals surface area contributed by atoms with Gasteiger partial charge in [-0.25, -0.2) is 8.42 Å². The van der Waals surface area contributed by atoms with Crippen molar-refractivity contribution in [2.45, 2.75) is 51.3 Å². The van der Waals surface area contributed by atoms with Gasteiger partial charge >= 0.3 is 0 Å². The average Bonchev–Trinajstić information content (AvgIpc) is 2.46. The molecule has 0 fully saturated rings. The van der Waals surface area contributed by atoms with E-state index in [2.05, 4.69) is 39.3 Å². The topological polar surface area (TPSA) is 46.2 Å². The van der Waals surface area contributed by atoms with Gasteiger partial charge in [0.25, 0.3) is 10.0 Å². The smallest absolute Gasteiger partial charge is 0.261 e. The van der Waals surface area contributed by atoms with Gasteiger partial charge in [-0.05, 0) is 47.1 Å². The lowest BCUT2D eigenvalue weighted by Crippen LogP contribution is -2.19. The zero-order valence-electron chi connectivity index (χ0n) is 15.1. The van der Waals surface area contributed by atoms with E-state index in [4.69, 9.17) is 0 Å². The molecule has 2 aromatic rings. The molecule has 0 atom stereocenters. The normalized spacial score (nSPS) is 12.4. The van der Waals surface area contributed by atoms with Crippen LogP contribution in [0, 0.1) is 5.92 Å². The maximum absolute atomic E-state index is 12.7. The van der Waals surface area contributed by atoms with Crippen molar-refractivity contribution in [2.75, 3.05) is 4.72 Å². The van der Waals surface area contributed by atoms with Gasteiger partial charge in [0.1, 0.15) is 0 Å².